The summed E-state index contributed by atoms with van der Waals surface area (Å²) in [7, 11) is 3.45. The van der Waals surface area contributed by atoms with Crippen LogP contribution in [0.2, 0.25) is 12.6 Å². The van der Waals surface area contributed by atoms with Gasteiger partial charge in [-0.25, -0.2) is 10.9 Å². The van der Waals surface area contributed by atoms with Crippen molar-refractivity contribution in [3.8, 4) is 11.5 Å². The van der Waals surface area contributed by atoms with Crippen LogP contribution in [-0.4, -0.2) is 51.0 Å². The number of ether oxygens (including phenoxy) is 2. The first-order valence-electron chi connectivity index (χ1n) is 13.8. The molecule has 0 saturated carbocycles. The second-order valence-corrected chi connectivity index (χ2v) is 9.69. The highest BCUT2D eigenvalue weighted by molar-refractivity contribution is 7.02. The van der Waals surface area contributed by atoms with E-state index < -0.39 is 6.15 Å². The molecule has 34 heavy (non-hydrogen) atoms. The third kappa shape index (κ3) is 8.08. The first-order chi connectivity index (χ1) is 16.4. The second-order valence-electron chi connectivity index (χ2n) is 9.69. The van der Waals surface area contributed by atoms with Crippen LogP contribution in [0, 0.1) is 0 Å². The van der Waals surface area contributed by atoms with E-state index in [0.29, 0.717) is 0 Å². The molecule has 0 saturated heterocycles. The average molecular weight is 470 g/mol. The third-order valence-electron chi connectivity index (χ3n) is 8.29. The van der Waals surface area contributed by atoms with Gasteiger partial charge < -0.3 is 14.0 Å². The zero-order valence-electron chi connectivity index (χ0n) is 23.5. The molecule has 0 aromatic heterocycles. The Bertz CT molecular complexity index is 694. The predicted molar refractivity (Wildman–Crippen MR) is 153 cm³/mol. The Labute approximate surface area is 211 Å². The molecule has 0 unspecified atom stereocenters. The van der Waals surface area contributed by atoms with E-state index in [4.69, 9.17) is 9.47 Å². The molecule has 0 amide bonds. The zero-order valence-corrected chi connectivity index (χ0v) is 23.5. The normalized spacial score (nSPS) is 11.5. The fraction of sp³-hybridized carbons (Fsp3) is 0.600. The van der Waals surface area contributed by atoms with Gasteiger partial charge in [0.1, 0.15) is 11.5 Å². The van der Waals surface area contributed by atoms with E-state index in [1.807, 2.05) is 0 Å². The largest absolute Gasteiger partial charge is 0.497 e. The molecule has 0 bridgehead atoms. The van der Waals surface area contributed by atoms with Gasteiger partial charge in [-0.2, -0.15) is 12.6 Å². The molecule has 192 valence electrons. The van der Waals surface area contributed by atoms with Gasteiger partial charge in [-0.1, -0.05) is 63.8 Å². The lowest BCUT2D eigenvalue weighted by atomic mass is 9.15. The van der Waals surface area contributed by atoms with Gasteiger partial charge in [0.05, 0.1) is 46.5 Å². The topological polar surface area (TPSA) is 18.5 Å². The number of quaternary nitrogens is 1. The number of hydrogen-bond acceptors (Lipinski definition) is 2. The summed E-state index contributed by atoms with van der Waals surface area (Å²) < 4.78 is 12.0. The van der Waals surface area contributed by atoms with Crippen molar-refractivity contribution in [3.05, 3.63) is 48.5 Å². The molecule has 0 atom stereocenters. The Morgan fingerprint density at radius 2 is 0.882 bits per heavy atom. The van der Waals surface area contributed by atoms with Crippen molar-refractivity contribution in [2.75, 3.05) is 40.4 Å². The Kier molecular flexibility index (Phi) is 14.0. The molecule has 0 aliphatic carbocycles. The lowest BCUT2D eigenvalue weighted by Gasteiger charge is -2.42. The van der Waals surface area contributed by atoms with E-state index in [9.17, 15) is 0 Å². The minimum atomic E-state index is -0.764. The van der Waals surface area contributed by atoms with Gasteiger partial charge in [-0.05, 0) is 52.0 Å². The van der Waals surface area contributed by atoms with Gasteiger partial charge in [-0.15, -0.1) is 0 Å². The summed E-state index contributed by atoms with van der Waals surface area (Å²) in [6.07, 6.45) is 6.65. The Hall–Kier alpha value is -1.94. The van der Waals surface area contributed by atoms with Crippen LogP contribution in [-0.2, 0) is 0 Å². The van der Waals surface area contributed by atoms with Gasteiger partial charge in [0.2, 0.25) is 0 Å². The van der Waals surface area contributed by atoms with E-state index in [1.54, 1.807) is 14.2 Å². The minimum Gasteiger partial charge on any atom is -0.497 e. The smallest absolute Gasteiger partial charge is 0.118 e. The van der Waals surface area contributed by atoms with Crippen molar-refractivity contribution in [1.29, 1.82) is 0 Å². The van der Waals surface area contributed by atoms with E-state index in [2.05, 4.69) is 90.1 Å². The summed E-state index contributed by atoms with van der Waals surface area (Å²) in [6, 6.07) is 17.5. The fourth-order valence-corrected chi connectivity index (χ4v) is 5.39. The number of methoxy groups -OCH3 is 2. The zero-order chi connectivity index (χ0) is 25.5. The standard InChI is InChI=1S/C22H32BO2.C8H20N/c1-5-7-17-23(18-8-6-2,19-9-13-21(24-3)14-10-19)20-11-15-22(25-4)16-12-20;1-5-9(6-2,7-3)8-4/h9-16H,5-8,17-18H2,1-4H3;5-8H2,1-4H3/q-1;+1. The molecule has 0 aliphatic rings. The molecular weight excluding hydrogens is 417 g/mol. The highest BCUT2D eigenvalue weighted by atomic mass is 16.5. The molecule has 2 rings (SSSR count). The van der Waals surface area contributed by atoms with Gasteiger partial charge in [0.25, 0.3) is 0 Å². The summed E-state index contributed by atoms with van der Waals surface area (Å²) >= 11 is 0. The summed E-state index contributed by atoms with van der Waals surface area (Å²) in [5.74, 6) is 1.85. The SMILES string of the molecule is CCCC[B-](CCCC)(c1ccc(OC)cc1)c1ccc(OC)cc1.CC[N+](CC)(CC)CC. The molecule has 3 nitrogen and oxygen atoms in total. The van der Waals surface area contributed by atoms with Gasteiger partial charge in [0, 0.05) is 0 Å². The lowest BCUT2D eigenvalue weighted by molar-refractivity contribution is -0.921. The van der Waals surface area contributed by atoms with Crippen LogP contribution in [0.4, 0.5) is 0 Å². The van der Waals surface area contributed by atoms with Crippen LogP contribution in [0.25, 0.3) is 0 Å². The molecule has 0 radical (unpaired) electrons. The van der Waals surface area contributed by atoms with Crippen LogP contribution in [0.5, 0.6) is 11.5 Å². The van der Waals surface area contributed by atoms with Crippen LogP contribution in [0.15, 0.2) is 48.5 Å². The Morgan fingerprint density at radius 1 is 0.559 bits per heavy atom. The average Bonchev–Trinajstić information content (AvgIpc) is 2.91. The molecule has 0 N–H and O–H groups in total. The molecule has 2 aromatic rings. The summed E-state index contributed by atoms with van der Waals surface area (Å²) in [6.45, 7) is 18.8. The fourth-order valence-electron chi connectivity index (χ4n) is 5.39. The maximum absolute atomic E-state index is 5.37. The van der Waals surface area contributed by atoms with Crippen LogP contribution < -0.4 is 20.4 Å². The number of hydrogen-bond donors (Lipinski definition) is 0. The van der Waals surface area contributed by atoms with Crippen molar-refractivity contribution in [3.63, 3.8) is 0 Å². The molecule has 0 fully saturated rings. The summed E-state index contributed by atoms with van der Waals surface area (Å²) in [5.41, 5.74) is 2.90. The van der Waals surface area contributed by atoms with Gasteiger partial charge in [0.15, 0.2) is 0 Å². The quantitative estimate of drug-likeness (QED) is 0.225. The van der Waals surface area contributed by atoms with E-state index in [0.717, 1.165) is 11.5 Å². The molecule has 4 heteroatoms. The lowest BCUT2D eigenvalue weighted by Crippen LogP contribution is -2.58. The van der Waals surface area contributed by atoms with Gasteiger partial charge in [-0.3, -0.25) is 0 Å². The van der Waals surface area contributed by atoms with Crippen LogP contribution in [0.1, 0.15) is 67.2 Å². The summed E-state index contributed by atoms with van der Waals surface area (Å²) in [5, 5.41) is 0. The highest BCUT2D eigenvalue weighted by Crippen LogP contribution is 2.24. The molecule has 2 aromatic carbocycles. The molecule has 0 spiro atoms. The molecule has 0 aliphatic heterocycles. The number of rotatable bonds is 14. The first-order valence-corrected chi connectivity index (χ1v) is 13.8. The predicted octanol–water partition coefficient (Wildman–Crippen LogP) is 6.75. The third-order valence-corrected chi connectivity index (χ3v) is 8.29. The number of unbranched alkanes of at least 4 members (excludes halogenated alkanes) is 2. The van der Waals surface area contributed by atoms with Crippen molar-refractivity contribution in [2.24, 2.45) is 0 Å². The van der Waals surface area contributed by atoms with Crippen LogP contribution >= 0.6 is 0 Å². The first kappa shape index (κ1) is 30.1. The summed E-state index contributed by atoms with van der Waals surface area (Å²) in [4.78, 5) is 0. The van der Waals surface area contributed by atoms with Crippen molar-refractivity contribution in [1.82, 2.24) is 0 Å². The van der Waals surface area contributed by atoms with E-state index in [1.165, 1.54) is 79.9 Å². The second kappa shape index (κ2) is 15.9. The number of nitrogens with zero attached hydrogens (tertiary/aromatic N) is 1. The maximum Gasteiger partial charge on any atom is 0.118 e. The Morgan fingerprint density at radius 3 is 1.09 bits per heavy atom. The minimum absolute atomic E-state index is 0.764. The van der Waals surface area contributed by atoms with Crippen molar-refractivity contribution >= 4 is 17.1 Å². The monoisotopic (exact) mass is 469 g/mol. The Balaban J connectivity index is 0.000000546. The van der Waals surface area contributed by atoms with Crippen LogP contribution in [0.3, 0.4) is 0 Å². The van der Waals surface area contributed by atoms with Gasteiger partial charge >= 0.3 is 0 Å². The number of benzene rings is 2. The van der Waals surface area contributed by atoms with E-state index >= 15 is 0 Å². The molecular formula is C30H52BNO2. The molecule has 0 heterocycles. The van der Waals surface area contributed by atoms with Crippen molar-refractivity contribution < 1.29 is 14.0 Å². The highest BCUT2D eigenvalue weighted by Gasteiger charge is 2.27. The van der Waals surface area contributed by atoms with Crippen molar-refractivity contribution in [2.45, 2.75) is 79.9 Å². The van der Waals surface area contributed by atoms with E-state index in [-0.39, 0.29) is 0 Å². The maximum atomic E-state index is 5.37.